The minimum Gasteiger partial charge on any atom is -0.312 e. The molecule has 2 fully saturated rings. The fraction of sp³-hybridized carbons (Fsp3) is 0.389. The normalized spacial score (nSPS) is 20.2. The van der Waals surface area contributed by atoms with Gasteiger partial charge in [-0.15, -0.1) is 0 Å². The number of benzene rings is 1. The Morgan fingerprint density at radius 3 is 2.88 bits per heavy atom. The number of rotatable bonds is 4. The largest absolute Gasteiger partial charge is 0.312 e. The van der Waals surface area contributed by atoms with Crippen molar-refractivity contribution in [2.24, 2.45) is 5.92 Å². The van der Waals surface area contributed by atoms with Crippen LogP contribution in [-0.2, 0) is 9.59 Å². The second-order valence-electron chi connectivity index (χ2n) is 6.81. The van der Waals surface area contributed by atoms with Gasteiger partial charge in [0.05, 0.1) is 5.92 Å². The predicted octanol–water partition coefficient (Wildman–Crippen LogP) is 3.24. The van der Waals surface area contributed by atoms with Crippen LogP contribution < -0.4 is 10.2 Å². The van der Waals surface area contributed by atoms with E-state index in [9.17, 15) is 9.59 Å². The summed E-state index contributed by atoms with van der Waals surface area (Å²) in [5, 5.41) is 10.6. The quantitative estimate of drug-likeness (QED) is 0.880. The summed E-state index contributed by atoms with van der Waals surface area (Å²) in [6, 6.07) is 7.34. The number of nitrogens with zero attached hydrogens (tertiary/aromatic N) is 2. The number of aromatic amines is 1. The molecule has 0 spiro atoms. The summed E-state index contributed by atoms with van der Waals surface area (Å²) >= 11 is 6.04. The SMILES string of the molecule is Cc1cc(N2C[C@@H](C(=O)Nc3cc(C4CC4)[nH]n3)CC2=O)ccc1Cl. The molecule has 25 heavy (non-hydrogen) atoms. The van der Waals surface area contributed by atoms with Gasteiger partial charge in [0.1, 0.15) is 0 Å². The lowest BCUT2D eigenvalue weighted by atomic mass is 10.1. The summed E-state index contributed by atoms with van der Waals surface area (Å²) in [5.41, 5.74) is 2.75. The van der Waals surface area contributed by atoms with E-state index in [0.29, 0.717) is 23.3 Å². The molecular formula is C18H19ClN4O2. The van der Waals surface area contributed by atoms with Crippen molar-refractivity contribution < 1.29 is 9.59 Å². The number of amides is 2. The van der Waals surface area contributed by atoms with Gasteiger partial charge >= 0.3 is 0 Å². The first-order chi connectivity index (χ1) is 12.0. The highest BCUT2D eigenvalue weighted by molar-refractivity contribution is 6.31. The van der Waals surface area contributed by atoms with E-state index in [1.54, 1.807) is 11.0 Å². The van der Waals surface area contributed by atoms with Gasteiger partial charge in [0.2, 0.25) is 11.8 Å². The molecule has 1 saturated heterocycles. The van der Waals surface area contributed by atoms with Crippen LogP contribution in [-0.4, -0.2) is 28.6 Å². The number of hydrogen-bond donors (Lipinski definition) is 2. The van der Waals surface area contributed by atoms with Crippen LogP contribution in [0.4, 0.5) is 11.5 Å². The molecule has 4 rings (SSSR count). The predicted molar refractivity (Wildman–Crippen MR) is 95.8 cm³/mol. The number of aryl methyl sites for hydroxylation is 1. The van der Waals surface area contributed by atoms with Crippen LogP contribution >= 0.6 is 11.6 Å². The Morgan fingerprint density at radius 1 is 1.36 bits per heavy atom. The second kappa shape index (κ2) is 6.19. The molecule has 0 unspecified atom stereocenters. The number of anilines is 2. The molecule has 1 aromatic heterocycles. The molecule has 2 amide bonds. The van der Waals surface area contributed by atoms with Crippen molar-refractivity contribution >= 4 is 34.9 Å². The summed E-state index contributed by atoms with van der Waals surface area (Å²) in [4.78, 5) is 26.5. The Labute approximate surface area is 150 Å². The van der Waals surface area contributed by atoms with Crippen LogP contribution in [0.25, 0.3) is 0 Å². The smallest absolute Gasteiger partial charge is 0.231 e. The van der Waals surface area contributed by atoms with Gasteiger partial charge in [-0.1, -0.05) is 11.6 Å². The molecule has 2 aromatic rings. The number of halogens is 1. The molecular weight excluding hydrogens is 340 g/mol. The van der Waals surface area contributed by atoms with Gasteiger partial charge in [-0.25, -0.2) is 0 Å². The standard InChI is InChI=1S/C18H19ClN4O2/c1-10-6-13(4-5-14(10)19)23-9-12(7-17(23)24)18(25)20-16-8-15(21-22-16)11-2-3-11/h4-6,8,11-12H,2-3,7,9H2,1H3,(H2,20,21,22,25)/t12-/m0/s1. The van der Waals surface area contributed by atoms with Crippen molar-refractivity contribution in [3.05, 3.63) is 40.5 Å². The second-order valence-corrected chi connectivity index (χ2v) is 7.22. The van der Waals surface area contributed by atoms with E-state index >= 15 is 0 Å². The average molecular weight is 359 g/mol. The number of hydrogen-bond acceptors (Lipinski definition) is 3. The highest BCUT2D eigenvalue weighted by atomic mass is 35.5. The molecule has 0 bridgehead atoms. The third-order valence-corrected chi connectivity index (χ3v) is 5.24. The lowest BCUT2D eigenvalue weighted by Gasteiger charge is -2.17. The molecule has 2 heterocycles. The van der Waals surface area contributed by atoms with Crippen LogP contribution in [0.5, 0.6) is 0 Å². The first kappa shape index (κ1) is 16.1. The van der Waals surface area contributed by atoms with Crippen LogP contribution in [0.15, 0.2) is 24.3 Å². The van der Waals surface area contributed by atoms with Gasteiger partial charge in [-0.3, -0.25) is 14.7 Å². The van der Waals surface area contributed by atoms with Crippen LogP contribution in [0.2, 0.25) is 5.02 Å². The van der Waals surface area contributed by atoms with Crippen molar-refractivity contribution in [1.29, 1.82) is 0 Å². The molecule has 1 atom stereocenters. The molecule has 1 aromatic carbocycles. The van der Waals surface area contributed by atoms with E-state index in [1.165, 1.54) is 12.8 Å². The third kappa shape index (κ3) is 3.26. The van der Waals surface area contributed by atoms with E-state index in [0.717, 1.165) is 16.9 Å². The van der Waals surface area contributed by atoms with E-state index in [1.807, 2.05) is 25.1 Å². The highest BCUT2D eigenvalue weighted by Crippen LogP contribution is 2.39. The Morgan fingerprint density at radius 2 is 2.16 bits per heavy atom. The summed E-state index contributed by atoms with van der Waals surface area (Å²) in [7, 11) is 0. The Balaban J connectivity index is 1.43. The molecule has 130 valence electrons. The lowest BCUT2D eigenvalue weighted by molar-refractivity contribution is -0.122. The molecule has 2 aliphatic rings. The highest BCUT2D eigenvalue weighted by Gasteiger charge is 2.35. The maximum Gasteiger partial charge on any atom is 0.231 e. The molecule has 2 N–H and O–H groups in total. The molecule has 7 heteroatoms. The van der Waals surface area contributed by atoms with E-state index in [4.69, 9.17) is 11.6 Å². The van der Waals surface area contributed by atoms with E-state index < -0.39 is 0 Å². The monoisotopic (exact) mass is 358 g/mol. The zero-order chi connectivity index (χ0) is 17.6. The Hall–Kier alpha value is -2.34. The summed E-state index contributed by atoms with van der Waals surface area (Å²) in [6.45, 7) is 2.26. The number of aromatic nitrogens is 2. The number of carbonyl (C=O) groups is 2. The van der Waals surface area contributed by atoms with Gasteiger partial charge in [0.25, 0.3) is 0 Å². The van der Waals surface area contributed by atoms with Crippen molar-refractivity contribution in [2.75, 3.05) is 16.8 Å². The van der Waals surface area contributed by atoms with Gasteiger partial charge in [-0.2, -0.15) is 5.10 Å². The van der Waals surface area contributed by atoms with Gasteiger partial charge in [0.15, 0.2) is 5.82 Å². The number of nitrogens with one attached hydrogen (secondary N) is 2. The van der Waals surface area contributed by atoms with Crippen LogP contribution in [0.1, 0.15) is 36.4 Å². The Kier molecular flexibility index (Phi) is 4.00. The Bertz CT molecular complexity index is 843. The average Bonchev–Trinajstić information content (AvgIpc) is 3.21. The minimum atomic E-state index is -0.385. The third-order valence-electron chi connectivity index (χ3n) is 4.82. The first-order valence-electron chi connectivity index (χ1n) is 8.44. The molecule has 0 radical (unpaired) electrons. The molecule has 1 aliphatic carbocycles. The van der Waals surface area contributed by atoms with Crippen molar-refractivity contribution in [1.82, 2.24) is 10.2 Å². The van der Waals surface area contributed by atoms with Crippen LogP contribution in [0, 0.1) is 12.8 Å². The maximum atomic E-state index is 12.5. The summed E-state index contributed by atoms with van der Waals surface area (Å²) in [5.74, 6) is 0.470. The molecule has 1 aliphatic heterocycles. The fourth-order valence-electron chi connectivity index (χ4n) is 3.16. The van der Waals surface area contributed by atoms with Crippen molar-refractivity contribution in [3.8, 4) is 0 Å². The lowest BCUT2D eigenvalue weighted by Crippen LogP contribution is -2.28. The molecule has 6 nitrogen and oxygen atoms in total. The molecule has 1 saturated carbocycles. The van der Waals surface area contributed by atoms with E-state index in [-0.39, 0.29) is 24.2 Å². The summed E-state index contributed by atoms with van der Waals surface area (Å²) < 4.78 is 0. The van der Waals surface area contributed by atoms with Crippen molar-refractivity contribution in [2.45, 2.75) is 32.1 Å². The van der Waals surface area contributed by atoms with Crippen LogP contribution in [0.3, 0.4) is 0 Å². The first-order valence-corrected chi connectivity index (χ1v) is 8.82. The zero-order valence-electron chi connectivity index (χ0n) is 13.9. The van der Waals surface area contributed by atoms with Gasteiger partial charge < -0.3 is 10.2 Å². The summed E-state index contributed by atoms with van der Waals surface area (Å²) in [6.07, 6.45) is 2.54. The maximum absolute atomic E-state index is 12.5. The van der Waals surface area contributed by atoms with Gasteiger partial charge in [-0.05, 0) is 43.5 Å². The van der Waals surface area contributed by atoms with Crippen molar-refractivity contribution in [3.63, 3.8) is 0 Å². The topological polar surface area (TPSA) is 78.1 Å². The zero-order valence-corrected chi connectivity index (χ0v) is 14.6. The number of H-pyrrole nitrogens is 1. The fourth-order valence-corrected chi connectivity index (χ4v) is 3.28. The minimum absolute atomic E-state index is 0.0532. The van der Waals surface area contributed by atoms with Gasteiger partial charge in [0, 0.05) is 41.4 Å². The number of carbonyl (C=O) groups excluding carboxylic acids is 2. The van der Waals surface area contributed by atoms with E-state index in [2.05, 4.69) is 15.5 Å².